The Morgan fingerprint density at radius 3 is 2.61 bits per heavy atom. The van der Waals surface area contributed by atoms with Crippen LogP contribution < -0.4 is 4.74 Å². The van der Waals surface area contributed by atoms with Crippen LogP contribution in [-0.4, -0.2) is 24.1 Å². The van der Waals surface area contributed by atoms with Gasteiger partial charge in [0, 0.05) is 19.1 Å². The summed E-state index contributed by atoms with van der Waals surface area (Å²) in [6.45, 7) is 2.77. The Morgan fingerprint density at radius 2 is 1.78 bits per heavy atom. The fourth-order valence-corrected chi connectivity index (χ4v) is 3.34. The van der Waals surface area contributed by atoms with Crippen molar-refractivity contribution in [1.82, 2.24) is 4.90 Å². The van der Waals surface area contributed by atoms with E-state index in [1.54, 1.807) is 0 Å². The van der Waals surface area contributed by atoms with Gasteiger partial charge in [-0.15, -0.1) is 0 Å². The molecular weight excluding hydrogens is 350 g/mol. The Labute approximate surface area is 146 Å². The SMILES string of the molecule is Brc1ccccc1OCCC1CC=CCN1Cc1ccccc1. The molecule has 0 fully saturated rings. The minimum atomic E-state index is 0.544. The molecule has 1 atom stereocenters. The van der Waals surface area contributed by atoms with Crippen molar-refractivity contribution in [3.8, 4) is 5.75 Å². The van der Waals surface area contributed by atoms with Gasteiger partial charge in [0.25, 0.3) is 0 Å². The second kappa shape index (κ2) is 8.32. The highest BCUT2D eigenvalue weighted by molar-refractivity contribution is 9.10. The highest BCUT2D eigenvalue weighted by Crippen LogP contribution is 2.25. The van der Waals surface area contributed by atoms with E-state index in [0.717, 1.165) is 42.8 Å². The third-order valence-corrected chi connectivity index (χ3v) is 4.86. The number of ether oxygens (including phenoxy) is 1. The number of para-hydroxylation sites is 1. The van der Waals surface area contributed by atoms with E-state index < -0.39 is 0 Å². The minimum Gasteiger partial charge on any atom is -0.492 e. The zero-order chi connectivity index (χ0) is 15.9. The minimum absolute atomic E-state index is 0.544. The average Bonchev–Trinajstić information content (AvgIpc) is 2.59. The summed E-state index contributed by atoms with van der Waals surface area (Å²) in [6.07, 6.45) is 6.71. The van der Waals surface area contributed by atoms with Gasteiger partial charge in [-0.2, -0.15) is 0 Å². The van der Waals surface area contributed by atoms with Gasteiger partial charge in [-0.05, 0) is 46.5 Å². The van der Waals surface area contributed by atoms with Crippen molar-refractivity contribution < 1.29 is 4.74 Å². The summed E-state index contributed by atoms with van der Waals surface area (Å²) in [5.74, 6) is 0.925. The van der Waals surface area contributed by atoms with Crippen molar-refractivity contribution in [3.63, 3.8) is 0 Å². The molecule has 0 N–H and O–H groups in total. The normalized spacial score (nSPS) is 18.0. The van der Waals surface area contributed by atoms with Gasteiger partial charge < -0.3 is 4.74 Å². The maximum absolute atomic E-state index is 5.94. The smallest absolute Gasteiger partial charge is 0.133 e. The van der Waals surface area contributed by atoms with Gasteiger partial charge >= 0.3 is 0 Å². The summed E-state index contributed by atoms with van der Waals surface area (Å²) < 4.78 is 6.96. The quantitative estimate of drug-likeness (QED) is 0.658. The van der Waals surface area contributed by atoms with E-state index in [9.17, 15) is 0 Å². The van der Waals surface area contributed by atoms with Crippen LogP contribution in [0.4, 0.5) is 0 Å². The van der Waals surface area contributed by atoms with Gasteiger partial charge in [0.15, 0.2) is 0 Å². The second-order valence-corrected chi connectivity index (χ2v) is 6.70. The second-order valence-electron chi connectivity index (χ2n) is 5.84. The van der Waals surface area contributed by atoms with Crippen LogP contribution in [0.1, 0.15) is 18.4 Å². The van der Waals surface area contributed by atoms with Gasteiger partial charge in [-0.3, -0.25) is 4.90 Å². The summed E-state index contributed by atoms with van der Waals surface area (Å²) in [5.41, 5.74) is 1.37. The van der Waals surface area contributed by atoms with Crippen LogP contribution in [0.2, 0.25) is 0 Å². The molecule has 1 aliphatic rings. The molecule has 3 rings (SSSR count). The lowest BCUT2D eigenvalue weighted by Gasteiger charge is -2.33. The number of halogens is 1. The molecule has 0 bridgehead atoms. The predicted octanol–water partition coefficient (Wildman–Crippen LogP) is 5.05. The lowest BCUT2D eigenvalue weighted by molar-refractivity contribution is 0.164. The van der Waals surface area contributed by atoms with E-state index in [4.69, 9.17) is 4.74 Å². The zero-order valence-electron chi connectivity index (χ0n) is 13.2. The average molecular weight is 372 g/mol. The van der Waals surface area contributed by atoms with Gasteiger partial charge in [-0.25, -0.2) is 0 Å². The van der Waals surface area contributed by atoms with E-state index in [2.05, 4.69) is 63.3 Å². The molecule has 1 aliphatic heterocycles. The molecule has 2 aromatic rings. The monoisotopic (exact) mass is 371 g/mol. The standard InChI is InChI=1S/C20H22BrNO/c21-19-11-4-5-12-20(19)23-15-13-18-10-6-7-14-22(18)16-17-8-2-1-3-9-17/h1-9,11-12,18H,10,13-16H2. The van der Waals surface area contributed by atoms with Crippen LogP contribution in [0.15, 0.2) is 71.2 Å². The van der Waals surface area contributed by atoms with Crippen LogP contribution in [0.25, 0.3) is 0 Å². The lowest BCUT2D eigenvalue weighted by Crippen LogP contribution is -2.37. The number of rotatable bonds is 6. The fourth-order valence-electron chi connectivity index (χ4n) is 2.94. The Morgan fingerprint density at radius 1 is 1.00 bits per heavy atom. The van der Waals surface area contributed by atoms with Crippen molar-refractivity contribution in [2.75, 3.05) is 13.2 Å². The van der Waals surface area contributed by atoms with Crippen LogP contribution in [0.3, 0.4) is 0 Å². The Kier molecular flexibility index (Phi) is 5.89. The first kappa shape index (κ1) is 16.3. The Balaban J connectivity index is 1.55. The molecule has 0 radical (unpaired) electrons. The van der Waals surface area contributed by atoms with Gasteiger partial charge in [0.1, 0.15) is 5.75 Å². The maximum Gasteiger partial charge on any atom is 0.133 e. The van der Waals surface area contributed by atoms with E-state index in [0.29, 0.717) is 6.04 Å². The van der Waals surface area contributed by atoms with E-state index in [-0.39, 0.29) is 0 Å². The third kappa shape index (κ3) is 4.69. The maximum atomic E-state index is 5.94. The topological polar surface area (TPSA) is 12.5 Å². The highest BCUT2D eigenvalue weighted by Gasteiger charge is 2.19. The molecule has 3 heteroatoms. The summed E-state index contributed by atoms with van der Waals surface area (Å²) in [7, 11) is 0. The van der Waals surface area contributed by atoms with Crippen molar-refractivity contribution in [3.05, 3.63) is 76.8 Å². The van der Waals surface area contributed by atoms with Gasteiger partial charge in [-0.1, -0.05) is 54.6 Å². The van der Waals surface area contributed by atoms with Crippen molar-refractivity contribution in [2.24, 2.45) is 0 Å². The lowest BCUT2D eigenvalue weighted by atomic mass is 10.0. The number of benzene rings is 2. The molecule has 120 valence electrons. The molecular formula is C20H22BrNO. The van der Waals surface area contributed by atoms with Crippen molar-refractivity contribution >= 4 is 15.9 Å². The molecule has 0 saturated carbocycles. The molecule has 2 nitrogen and oxygen atoms in total. The predicted molar refractivity (Wildman–Crippen MR) is 98.7 cm³/mol. The molecule has 0 amide bonds. The summed E-state index contributed by atoms with van der Waals surface area (Å²) in [4.78, 5) is 2.54. The van der Waals surface area contributed by atoms with Crippen LogP contribution in [0.5, 0.6) is 5.75 Å². The number of hydrogen-bond acceptors (Lipinski definition) is 2. The first-order valence-corrected chi connectivity index (χ1v) is 8.92. The van der Waals surface area contributed by atoms with Crippen LogP contribution in [0, 0.1) is 0 Å². The van der Waals surface area contributed by atoms with E-state index in [1.807, 2.05) is 24.3 Å². The number of nitrogens with zero attached hydrogens (tertiary/aromatic N) is 1. The third-order valence-electron chi connectivity index (χ3n) is 4.20. The van der Waals surface area contributed by atoms with Crippen LogP contribution in [-0.2, 0) is 6.54 Å². The van der Waals surface area contributed by atoms with Crippen LogP contribution >= 0.6 is 15.9 Å². The molecule has 1 heterocycles. The van der Waals surface area contributed by atoms with Crippen molar-refractivity contribution in [2.45, 2.75) is 25.4 Å². The molecule has 0 aliphatic carbocycles. The van der Waals surface area contributed by atoms with Gasteiger partial charge in [0.05, 0.1) is 11.1 Å². The molecule has 2 aromatic carbocycles. The van der Waals surface area contributed by atoms with E-state index in [1.165, 1.54) is 5.56 Å². The zero-order valence-corrected chi connectivity index (χ0v) is 14.8. The van der Waals surface area contributed by atoms with Gasteiger partial charge in [0.2, 0.25) is 0 Å². The van der Waals surface area contributed by atoms with E-state index >= 15 is 0 Å². The Bertz CT molecular complexity index is 641. The first-order chi connectivity index (χ1) is 11.3. The molecule has 23 heavy (non-hydrogen) atoms. The molecule has 0 saturated heterocycles. The first-order valence-electron chi connectivity index (χ1n) is 8.13. The summed E-state index contributed by atoms with van der Waals surface area (Å²) >= 11 is 3.53. The largest absolute Gasteiger partial charge is 0.492 e. The molecule has 0 aromatic heterocycles. The fraction of sp³-hybridized carbons (Fsp3) is 0.300. The Hall–Kier alpha value is -1.58. The van der Waals surface area contributed by atoms with Crippen molar-refractivity contribution in [1.29, 1.82) is 0 Å². The number of hydrogen-bond donors (Lipinski definition) is 0. The summed E-state index contributed by atoms with van der Waals surface area (Å²) in [5, 5.41) is 0. The molecule has 1 unspecified atom stereocenters. The summed E-state index contributed by atoms with van der Waals surface area (Å²) in [6, 6.07) is 19.3. The molecule has 0 spiro atoms. The highest BCUT2D eigenvalue weighted by atomic mass is 79.9.